The van der Waals surface area contributed by atoms with Crippen molar-refractivity contribution in [1.82, 2.24) is 0 Å². The zero-order chi connectivity index (χ0) is 7.56. The molecule has 3 heteroatoms. The van der Waals surface area contributed by atoms with Gasteiger partial charge in [0.2, 0.25) is 0 Å². The summed E-state index contributed by atoms with van der Waals surface area (Å²) < 4.78 is 36.7. The normalized spacial score (nSPS) is 18.9. The average molecular weight is 146 g/mol. The van der Waals surface area contributed by atoms with Crippen LogP contribution in [0.15, 0.2) is 35.7 Å². The molecule has 0 radical (unpaired) electrons. The van der Waals surface area contributed by atoms with Crippen molar-refractivity contribution in [3.63, 3.8) is 0 Å². The van der Waals surface area contributed by atoms with Gasteiger partial charge in [-0.1, -0.05) is 12.2 Å². The maximum Gasteiger partial charge on any atom is 0.190 e. The molecule has 0 saturated carbocycles. The topological polar surface area (TPSA) is 0 Å². The largest absolute Gasteiger partial charge is 0.208 e. The summed E-state index contributed by atoms with van der Waals surface area (Å²) in [6.07, 6.45) is 3.35. The Morgan fingerprint density at radius 2 is 1.90 bits per heavy atom. The highest BCUT2D eigenvalue weighted by atomic mass is 19.2. The van der Waals surface area contributed by atoms with E-state index in [4.69, 9.17) is 0 Å². The first kappa shape index (κ1) is 7.12. The molecule has 0 fully saturated rings. The molecule has 1 rings (SSSR count). The van der Waals surface area contributed by atoms with Crippen LogP contribution in [0.4, 0.5) is 13.2 Å². The maximum atomic E-state index is 12.3. The van der Waals surface area contributed by atoms with Crippen molar-refractivity contribution in [1.29, 1.82) is 0 Å². The second-order valence-corrected chi connectivity index (χ2v) is 1.87. The Labute approximate surface area is 56.4 Å². The molecule has 0 aromatic heterocycles. The molecule has 0 saturated heterocycles. The lowest BCUT2D eigenvalue weighted by molar-refractivity contribution is 0.488. The van der Waals surface area contributed by atoms with Crippen LogP contribution < -0.4 is 0 Å². The van der Waals surface area contributed by atoms with Gasteiger partial charge < -0.3 is 0 Å². The lowest BCUT2D eigenvalue weighted by atomic mass is 10.3. The fraction of sp³-hybridized carbons (Fsp3) is 0.143. The first-order chi connectivity index (χ1) is 4.72. The third-order valence-electron chi connectivity index (χ3n) is 1.12. The van der Waals surface area contributed by atoms with Crippen molar-refractivity contribution >= 4 is 0 Å². The summed E-state index contributed by atoms with van der Waals surface area (Å²) in [6.45, 7) is 0. The van der Waals surface area contributed by atoms with E-state index >= 15 is 0 Å². The number of hydrogen-bond donors (Lipinski definition) is 0. The first-order valence-electron chi connectivity index (χ1n) is 2.78. The zero-order valence-electron chi connectivity index (χ0n) is 5.07. The van der Waals surface area contributed by atoms with Gasteiger partial charge in [-0.2, -0.15) is 0 Å². The summed E-state index contributed by atoms with van der Waals surface area (Å²) in [6, 6.07) is 0. The van der Waals surface area contributed by atoms with E-state index in [1.165, 1.54) is 12.2 Å². The SMILES string of the molecule is FC1=CC=CCC(F)=C1F. The lowest BCUT2D eigenvalue weighted by Gasteiger charge is -1.90. The van der Waals surface area contributed by atoms with Crippen LogP contribution >= 0.6 is 0 Å². The molecule has 1 aliphatic carbocycles. The molecule has 0 aromatic carbocycles. The molecule has 0 aliphatic heterocycles. The molecule has 0 spiro atoms. The van der Waals surface area contributed by atoms with Crippen LogP contribution in [-0.2, 0) is 0 Å². The van der Waals surface area contributed by atoms with Crippen LogP contribution in [0.5, 0.6) is 0 Å². The van der Waals surface area contributed by atoms with Crippen molar-refractivity contribution in [2.45, 2.75) is 6.42 Å². The first-order valence-corrected chi connectivity index (χ1v) is 2.78. The highest BCUT2D eigenvalue weighted by Crippen LogP contribution is 2.23. The predicted octanol–water partition coefficient (Wildman–Crippen LogP) is 2.95. The summed E-state index contributed by atoms with van der Waals surface area (Å²) in [5, 5.41) is 0. The van der Waals surface area contributed by atoms with Crippen LogP contribution in [0.3, 0.4) is 0 Å². The van der Waals surface area contributed by atoms with E-state index in [0.29, 0.717) is 0 Å². The molecule has 1 aliphatic rings. The van der Waals surface area contributed by atoms with Gasteiger partial charge in [0.25, 0.3) is 0 Å². The molecule has 0 atom stereocenters. The molecule has 0 N–H and O–H groups in total. The van der Waals surface area contributed by atoms with Gasteiger partial charge in [-0.25, -0.2) is 13.2 Å². The van der Waals surface area contributed by atoms with Crippen LogP contribution in [0.2, 0.25) is 0 Å². The summed E-state index contributed by atoms with van der Waals surface area (Å²) in [5.74, 6) is -3.58. The summed E-state index contributed by atoms with van der Waals surface area (Å²) >= 11 is 0. The van der Waals surface area contributed by atoms with E-state index in [9.17, 15) is 13.2 Å². The Morgan fingerprint density at radius 3 is 2.60 bits per heavy atom. The van der Waals surface area contributed by atoms with Crippen molar-refractivity contribution in [3.05, 3.63) is 35.7 Å². The van der Waals surface area contributed by atoms with Gasteiger partial charge in [-0.05, 0) is 6.08 Å². The van der Waals surface area contributed by atoms with E-state index in [2.05, 4.69) is 0 Å². The van der Waals surface area contributed by atoms with Gasteiger partial charge in [-0.3, -0.25) is 0 Å². The fourth-order valence-electron chi connectivity index (χ4n) is 0.616. The molecule has 10 heavy (non-hydrogen) atoms. The minimum Gasteiger partial charge on any atom is -0.208 e. The lowest BCUT2D eigenvalue weighted by Crippen LogP contribution is -1.78. The Bertz CT molecular complexity index is 217. The van der Waals surface area contributed by atoms with E-state index in [0.717, 1.165) is 6.08 Å². The van der Waals surface area contributed by atoms with Gasteiger partial charge in [0, 0.05) is 6.42 Å². The van der Waals surface area contributed by atoms with Gasteiger partial charge >= 0.3 is 0 Å². The number of halogens is 3. The van der Waals surface area contributed by atoms with Gasteiger partial charge in [0.15, 0.2) is 11.7 Å². The second kappa shape index (κ2) is 2.73. The Morgan fingerprint density at radius 1 is 1.20 bits per heavy atom. The highest BCUT2D eigenvalue weighted by Gasteiger charge is 2.11. The Balaban J connectivity index is 3.00. The number of allylic oxidation sites excluding steroid dienone is 6. The van der Waals surface area contributed by atoms with E-state index in [1.807, 2.05) is 0 Å². The van der Waals surface area contributed by atoms with Gasteiger partial charge in [0.1, 0.15) is 5.83 Å². The van der Waals surface area contributed by atoms with E-state index in [1.54, 1.807) is 0 Å². The Kier molecular flexibility index (Phi) is 1.94. The van der Waals surface area contributed by atoms with Crippen molar-refractivity contribution in [2.75, 3.05) is 0 Å². The van der Waals surface area contributed by atoms with Crippen LogP contribution in [0, 0.1) is 0 Å². The molecule has 54 valence electrons. The van der Waals surface area contributed by atoms with E-state index in [-0.39, 0.29) is 6.42 Å². The van der Waals surface area contributed by atoms with Crippen LogP contribution in [0.1, 0.15) is 6.42 Å². The summed E-state index contributed by atoms with van der Waals surface area (Å²) in [4.78, 5) is 0. The maximum absolute atomic E-state index is 12.3. The second-order valence-electron chi connectivity index (χ2n) is 1.87. The third kappa shape index (κ3) is 1.29. The quantitative estimate of drug-likeness (QED) is 0.492. The highest BCUT2D eigenvalue weighted by molar-refractivity contribution is 5.29. The third-order valence-corrected chi connectivity index (χ3v) is 1.12. The molecule has 0 nitrogen and oxygen atoms in total. The van der Waals surface area contributed by atoms with Gasteiger partial charge in [0.05, 0.1) is 0 Å². The minimum absolute atomic E-state index is 0.171. The fourth-order valence-corrected chi connectivity index (χ4v) is 0.616. The minimum atomic E-state index is -1.38. The molecule has 0 bridgehead atoms. The summed E-state index contributed by atoms with van der Waals surface area (Å²) in [7, 11) is 0. The molecule has 0 amide bonds. The monoisotopic (exact) mass is 146 g/mol. The smallest absolute Gasteiger partial charge is 0.190 e. The molecular formula is C7H5F3. The summed E-state index contributed by atoms with van der Waals surface area (Å²) in [5.41, 5.74) is 0. The standard InChI is InChI=1S/C7H5F3/c8-5-3-1-2-4-6(9)7(5)10/h1-3H,4H2. The average Bonchev–Trinajstić information content (AvgIpc) is 2.04. The van der Waals surface area contributed by atoms with Crippen LogP contribution in [-0.4, -0.2) is 0 Å². The van der Waals surface area contributed by atoms with E-state index < -0.39 is 17.5 Å². The zero-order valence-corrected chi connectivity index (χ0v) is 5.07. The number of rotatable bonds is 0. The molecular weight excluding hydrogens is 141 g/mol. The van der Waals surface area contributed by atoms with Crippen molar-refractivity contribution in [2.24, 2.45) is 0 Å². The molecule has 0 aromatic rings. The molecule has 0 unspecified atom stereocenters. The number of hydrogen-bond acceptors (Lipinski definition) is 0. The van der Waals surface area contributed by atoms with Gasteiger partial charge in [-0.15, -0.1) is 0 Å². The van der Waals surface area contributed by atoms with Crippen molar-refractivity contribution in [3.8, 4) is 0 Å². The van der Waals surface area contributed by atoms with Crippen LogP contribution in [0.25, 0.3) is 0 Å². The predicted molar refractivity (Wildman–Crippen MR) is 32.2 cm³/mol. The Hall–Kier alpha value is -0.990. The molecule has 0 heterocycles. The van der Waals surface area contributed by atoms with Crippen molar-refractivity contribution < 1.29 is 13.2 Å².